The van der Waals surface area contributed by atoms with Crippen molar-refractivity contribution < 1.29 is 0 Å². The fourth-order valence-electron chi connectivity index (χ4n) is 3.97. The zero-order valence-corrected chi connectivity index (χ0v) is 16.5. The number of anilines is 3. The molecule has 0 bridgehead atoms. The number of rotatable bonds is 5. The van der Waals surface area contributed by atoms with Crippen molar-refractivity contribution in [2.75, 3.05) is 41.4 Å². The number of fused-ring (bicyclic) bond motifs is 1. The molecule has 0 spiro atoms. The van der Waals surface area contributed by atoms with Gasteiger partial charge < -0.3 is 9.80 Å². The fourth-order valence-corrected chi connectivity index (χ4v) is 3.97. The van der Waals surface area contributed by atoms with Crippen LogP contribution in [0, 0.1) is 0 Å². The number of aromatic nitrogens is 3. The average Bonchev–Trinajstić information content (AvgIpc) is 3.48. The van der Waals surface area contributed by atoms with E-state index in [2.05, 4.69) is 60.6 Å². The third kappa shape index (κ3) is 3.99. The quantitative estimate of drug-likeness (QED) is 0.532. The van der Waals surface area contributed by atoms with Crippen molar-refractivity contribution >= 4 is 34.8 Å². The minimum absolute atomic E-state index is 0.501. The molecule has 1 aromatic heterocycles. The van der Waals surface area contributed by atoms with Gasteiger partial charge in [-0.05, 0) is 48.1 Å². The lowest BCUT2D eigenvalue weighted by Gasteiger charge is -2.20. The molecule has 3 heterocycles. The van der Waals surface area contributed by atoms with E-state index < -0.39 is 0 Å². The van der Waals surface area contributed by atoms with Gasteiger partial charge in [-0.1, -0.05) is 36.4 Å². The van der Waals surface area contributed by atoms with Gasteiger partial charge >= 0.3 is 0 Å². The van der Waals surface area contributed by atoms with Gasteiger partial charge in [-0.25, -0.2) is 5.43 Å². The third-order valence-corrected chi connectivity index (χ3v) is 5.54. The summed E-state index contributed by atoms with van der Waals surface area (Å²) in [5.41, 5.74) is 4.06. The molecule has 5 rings (SSSR count). The van der Waals surface area contributed by atoms with Crippen molar-refractivity contribution in [1.29, 1.82) is 0 Å². The average molecular weight is 387 g/mol. The smallest absolute Gasteiger partial charge is 0.250 e. The van der Waals surface area contributed by atoms with E-state index in [1.54, 1.807) is 6.21 Å². The molecule has 29 heavy (non-hydrogen) atoms. The molecule has 0 aliphatic carbocycles. The summed E-state index contributed by atoms with van der Waals surface area (Å²) in [7, 11) is 0. The Kier molecular flexibility index (Phi) is 4.94. The minimum Gasteiger partial charge on any atom is -0.341 e. The second-order valence-corrected chi connectivity index (χ2v) is 7.62. The highest BCUT2D eigenvalue weighted by atomic mass is 15.4. The summed E-state index contributed by atoms with van der Waals surface area (Å²) in [6.45, 7) is 4.01. The Balaban J connectivity index is 1.37. The van der Waals surface area contributed by atoms with E-state index in [1.807, 2.05) is 12.1 Å². The first-order chi connectivity index (χ1) is 14.3. The molecule has 148 valence electrons. The molecule has 1 N–H and O–H groups in total. The van der Waals surface area contributed by atoms with Crippen LogP contribution in [0.25, 0.3) is 10.8 Å². The Hall–Kier alpha value is -3.22. The van der Waals surface area contributed by atoms with Crippen LogP contribution in [0.5, 0.6) is 0 Å². The van der Waals surface area contributed by atoms with Gasteiger partial charge in [0.15, 0.2) is 0 Å². The van der Waals surface area contributed by atoms with Gasteiger partial charge in [0.05, 0.1) is 6.21 Å². The summed E-state index contributed by atoms with van der Waals surface area (Å²) in [6.07, 6.45) is 6.56. The first-order valence-electron chi connectivity index (χ1n) is 10.4. The van der Waals surface area contributed by atoms with E-state index in [1.165, 1.54) is 36.5 Å². The molecular weight excluding hydrogens is 362 g/mol. The highest BCUT2D eigenvalue weighted by Gasteiger charge is 2.21. The van der Waals surface area contributed by atoms with Gasteiger partial charge in [-0.2, -0.15) is 20.1 Å². The molecule has 2 saturated heterocycles. The predicted octanol–water partition coefficient (Wildman–Crippen LogP) is 3.67. The maximum absolute atomic E-state index is 4.74. The number of hydrazone groups is 1. The summed E-state index contributed by atoms with van der Waals surface area (Å²) in [5.74, 6) is 2.01. The second-order valence-electron chi connectivity index (χ2n) is 7.62. The van der Waals surface area contributed by atoms with E-state index in [9.17, 15) is 0 Å². The highest BCUT2D eigenvalue weighted by Crippen LogP contribution is 2.22. The molecule has 0 amide bonds. The van der Waals surface area contributed by atoms with Crippen LogP contribution in [-0.2, 0) is 0 Å². The normalized spacial score (nSPS) is 17.0. The van der Waals surface area contributed by atoms with Gasteiger partial charge in [-0.3, -0.25) is 0 Å². The van der Waals surface area contributed by atoms with Crippen molar-refractivity contribution in [3.8, 4) is 0 Å². The minimum atomic E-state index is 0.501. The van der Waals surface area contributed by atoms with Gasteiger partial charge in [-0.15, -0.1) is 0 Å². The maximum Gasteiger partial charge on any atom is 0.250 e. The van der Waals surface area contributed by atoms with Crippen molar-refractivity contribution in [1.82, 2.24) is 15.0 Å². The molecule has 0 unspecified atom stereocenters. The van der Waals surface area contributed by atoms with E-state index in [0.29, 0.717) is 5.95 Å². The van der Waals surface area contributed by atoms with Crippen LogP contribution >= 0.6 is 0 Å². The van der Waals surface area contributed by atoms with E-state index >= 15 is 0 Å². The second kappa shape index (κ2) is 8.03. The highest BCUT2D eigenvalue weighted by molar-refractivity contribution is 5.90. The summed E-state index contributed by atoms with van der Waals surface area (Å²) < 4.78 is 0. The Morgan fingerprint density at radius 2 is 1.38 bits per heavy atom. The van der Waals surface area contributed by atoms with Crippen molar-refractivity contribution in [2.45, 2.75) is 25.7 Å². The van der Waals surface area contributed by atoms with E-state index in [-0.39, 0.29) is 0 Å². The van der Waals surface area contributed by atoms with Crippen LogP contribution in [0.2, 0.25) is 0 Å². The molecule has 0 atom stereocenters. The molecule has 7 heteroatoms. The fraction of sp³-hybridized carbons (Fsp3) is 0.364. The lowest BCUT2D eigenvalue weighted by atomic mass is 10.1. The van der Waals surface area contributed by atoms with Crippen LogP contribution in [0.15, 0.2) is 47.6 Å². The lowest BCUT2D eigenvalue weighted by Crippen LogP contribution is -2.25. The number of benzene rings is 2. The number of nitrogens with one attached hydrogen (secondary N) is 1. The van der Waals surface area contributed by atoms with Gasteiger partial charge in [0, 0.05) is 26.2 Å². The molecular formula is C22H25N7. The summed E-state index contributed by atoms with van der Waals surface area (Å²) in [6, 6.07) is 14.6. The van der Waals surface area contributed by atoms with Crippen LogP contribution in [-0.4, -0.2) is 47.3 Å². The Labute approximate surface area is 170 Å². The van der Waals surface area contributed by atoms with Gasteiger partial charge in [0.25, 0.3) is 0 Å². The summed E-state index contributed by atoms with van der Waals surface area (Å²) in [4.78, 5) is 18.4. The van der Waals surface area contributed by atoms with Crippen LogP contribution in [0.1, 0.15) is 31.2 Å². The third-order valence-electron chi connectivity index (χ3n) is 5.54. The molecule has 2 aliphatic rings. The monoisotopic (exact) mass is 387 g/mol. The largest absolute Gasteiger partial charge is 0.341 e. The lowest BCUT2D eigenvalue weighted by molar-refractivity contribution is 0.838. The number of hydrogen-bond acceptors (Lipinski definition) is 7. The molecule has 3 aromatic rings. The Morgan fingerprint density at radius 1 is 0.759 bits per heavy atom. The maximum atomic E-state index is 4.74. The molecule has 2 aliphatic heterocycles. The predicted molar refractivity (Wildman–Crippen MR) is 118 cm³/mol. The Bertz CT molecular complexity index is 986. The van der Waals surface area contributed by atoms with Crippen LogP contribution < -0.4 is 15.2 Å². The molecule has 2 fully saturated rings. The van der Waals surface area contributed by atoms with Gasteiger partial charge in [0.1, 0.15) is 0 Å². The van der Waals surface area contributed by atoms with E-state index in [0.717, 1.165) is 43.6 Å². The molecule has 2 aromatic carbocycles. The zero-order valence-electron chi connectivity index (χ0n) is 16.5. The Morgan fingerprint density at radius 3 is 2.03 bits per heavy atom. The van der Waals surface area contributed by atoms with E-state index in [4.69, 9.17) is 4.98 Å². The molecule has 7 nitrogen and oxygen atoms in total. The topological polar surface area (TPSA) is 69.5 Å². The molecule has 0 radical (unpaired) electrons. The van der Waals surface area contributed by atoms with Crippen molar-refractivity contribution in [3.63, 3.8) is 0 Å². The SMILES string of the molecule is C(=N\Nc1nc(N2CCCC2)nc(N2CCCC2)n1)/c1ccc2ccccc2c1. The van der Waals surface area contributed by atoms with Crippen LogP contribution in [0.3, 0.4) is 0 Å². The zero-order chi connectivity index (χ0) is 19.5. The van der Waals surface area contributed by atoms with Crippen molar-refractivity contribution in [3.05, 3.63) is 48.0 Å². The first-order valence-corrected chi connectivity index (χ1v) is 10.4. The summed E-state index contributed by atoms with van der Waals surface area (Å²) in [5, 5.41) is 6.81. The van der Waals surface area contributed by atoms with Crippen LogP contribution in [0.4, 0.5) is 17.8 Å². The number of hydrogen-bond donors (Lipinski definition) is 1. The number of nitrogens with zero attached hydrogens (tertiary/aromatic N) is 6. The molecule has 0 saturated carbocycles. The standard InChI is InChI=1S/C22H25N7/c1-2-8-19-15-17(9-10-18(19)7-1)16-23-27-20-24-21(28-11-3-4-12-28)26-22(25-20)29-13-5-6-14-29/h1-2,7-10,15-16H,3-6,11-14H2,(H,24,25,26,27)/b23-16+. The first kappa shape index (κ1) is 17.8. The van der Waals surface area contributed by atoms with Gasteiger partial charge in [0.2, 0.25) is 17.8 Å². The van der Waals surface area contributed by atoms with Crippen molar-refractivity contribution in [2.24, 2.45) is 5.10 Å². The summed E-state index contributed by atoms with van der Waals surface area (Å²) >= 11 is 0.